The molecule has 116 valence electrons. The maximum atomic E-state index is 12.0. The number of hydrogen-bond acceptors (Lipinski definition) is 8. The van der Waals surface area contributed by atoms with Crippen LogP contribution in [0.4, 0.5) is 0 Å². The van der Waals surface area contributed by atoms with Crippen molar-refractivity contribution in [3.63, 3.8) is 0 Å². The highest BCUT2D eigenvalue weighted by molar-refractivity contribution is 6.21. The fraction of sp³-hybridized carbons (Fsp3) is 0.0714. The monoisotopic (exact) mass is 316 g/mol. The van der Waals surface area contributed by atoms with Crippen LogP contribution in [0.15, 0.2) is 34.9 Å². The molecule has 23 heavy (non-hydrogen) atoms. The molecule has 0 radical (unpaired) electrons. The molecule has 0 bridgehead atoms. The number of imide groups is 1. The molecule has 0 saturated carbocycles. The summed E-state index contributed by atoms with van der Waals surface area (Å²) >= 11 is 0. The fourth-order valence-corrected chi connectivity index (χ4v) is 1.95. The van der Waals surface area contributed by atoms with Crippen LogP contribution < -0.4 is 0 Å². The van der Waals surface area contributed by atoms with Crippen LogP contribution in [0, 0.1) is 0 Å². The van der Waals surface area contributed by atoms with Gasteiger partial charge in [-0.1, -0.05) is 22.4 Å². The van der Waals surface area contributed by atoms with E-state index in [1.54, 1.807) is 12.1 Å². The Labute approximate surface area is 128 Å². The van der Waals surface area contributed by atoms with Crippen molar-refractivity contribution in [2.24, 2.45) is 0 Å². The van der Waals surface area contributed by atoms with E-state index in [4.69, 9.17) is 4.84 Å². The van der Waals surface area contributed by atoms with Crippen LogP contribution in [0.5, 0.6) is 0 Å². The van der Waals surface area contributed by atoms with Gasteiger partial charge in [-0.25, -0.2) is 9.59 Å². The summed E-state index contributed by atoms with van der Waals surface area (Å²) in [5.74, 6) is -3.82. The molecule has 2 heterocycles. The van der Waals surface area contributed by atoms with Crippen molar-refractivity contribution in [1.82, 2.24) is 10.2 Å². The van der Waals surface area contributed by atoms with Gasteiger partial charge in [0.1, 0.15) is 0 Å². The van der Waals surface area contributed by atoms with Gasteiger partial charge in [-0.2, -0.15) is 0 Å². The summed E-state index contributed by atoms with van der Waals surface area (Å²) in [6.07, 6.45) is 0. The highest BCUT2D eigenvalue weighted by atomic mass is 16.7. The lowest BCUT2D eigenvalue weighted by molar-refractivity contribution is -0.0590. The molecule has 2 aromatic rings. The van der Waals surface area contributed by atoms with Gasteiger partial charge in [-0.15, -0.1) is 0 Å². The zero-order chi connectivity index (χ0) is 16.6. The van der Waals surface area contributed by atoms with Crippen molar-refractivity contribution < 1.29 is 33.3 Å². The van der Waals surface area contributed by atoms with E-state index in [0.29, 0.717) is 5.06 Å². The van der Waals surface area contributed by atoms with E-state index in [0.717, 1.165) is 13.2 Å². The number of fused-ring (bicyclic) bond motifs is 1. The Hall–Kier alpha value is -3.49. The van der Waals surface area contributed by atoms with Crippen LogP contribution >= 0.6 is 0 Å². The minimum Gasteiger partial charge on any atom is -0.463 e. The molecule has 0 fully saturated rings. The van der Waals surface area contributed by atoms with Gasteiger partial charge < -0.3 is 14.1 Å². The number of methoxy groups -OCH3 is 1. The normalized spacial score (nSPS) is 13.0. The number of ether oxygens (including phenoxy) is 1. The molecule has 1 aliphatic heterocycles. The maximum Gasteiger partial charge on any atom is 0.385 e. The maximum absolute atomic E-state index is 12.0. The number of nitrogens with zero attached hydrogens (tertiary/aromatic N) is 2. The summed E-state index contributed by atoms with van der Waals surface area (Å²) in [6.45, 7) is 0. The highest BCUT2D eigenvalue weighted by Crippen LogP contribution is 2.23. The molecule has 0 spiro atoms. The van der Waals surface area contributed by atoms with Gasteiger partial charge in [0.25, 0.3) is 11.8 Å². The number of rotatable bonds is 3. The average molecular weight is 316 g/mol. The van der Waals surface area contributed by atoms with Crippen molar-refractivity contribution >= 4 is 23.8 Å². The number of esters is 1. The standard InChI is InChI=1S/C14H8N2O7/c1-21-14(20)10-6-9(15-22-10)13(19)23-16-11(17)7-4-2-3-5-8(7)12(16)18/h2-6H,1H3. The molecule has 9 nitrogen and oxygen atoms in total. The Morgan fingerprint density at radius 2 is 1.70 bits per heavy atom. The quantitative estimate of drug-likeness (QED) is 0.604. The number of carbonyl (C=O) groups is 4. The largest absolute Gasteiger partial charge is 0.463 e. The summed E-state index contributed by atoms with van der Waals surface area (Å²) in [4.78, 5) is 52.0. The van der Waals surface area contributed by atoms with E-state index in [2.05, 4.69) is 14.4 Å². The minimum absolute atomic E-state index is 0.126. The van der Waals surface area contributed by atoms with Crippen molar-refractivity contribution in [1.29, 1.82) is 0 Å². The summed E-state index contributed by atoms with van der Waals surface area (Å²) in [5, 5.41) is 3.66. The van der Waals surface area contributed by atoms with E-state index in [1.165, 1.54) is 12.1 Å². The minimum atomic E-state index is -1.13. The van der Waals surface area contributed by atoms with Crippen LogP contribution in [0.25, 0.3) is 0 Å². The van der Waals surface area contributed by atoms with Crippen molar-refractivity contribution in [3.05, 3.63) is 52.9 Å². The van der Waals surface area contributed by atoms with Crippen LogP contribution in [0.2, 0.25) is 0 Å². The van der Waals surface area contributed by atoms with Gasteiger partial charge in [-0.3, -0.25) is 9.59 Å². The van der Waals surface area contributed by atoms with Gasteiger partial charge in [0.05, 0.1) is 18.2 Å². The first-order valence-corrected chi connectivity index (χ1v) is 6.28. The van der Waals surface area contributed by atoms with Crippen LogP contribution in [0.3, 0.4) is 0 Å². The first-order valence-electron chi connectivity index (χ1n) is 6.28. The van der Waals surface area contributed by atoms with E-state index < -0.39 is 23.8 Å². The topological polar surface area (TPSA) is 116 Å². The van der Waals surface area contributed by atoms with Gasteiger partial charge >= 0.3 is 11.9 Å². The molecular formula is C14H8N2O7. The summed E-state index contributed by atoms with van der Waals surface area (Å²) in [7, 11) is 1.13. The van der Waals surface area contributed by atoms with Crippen molar-refractivity contribution in [2.75, 3.05) is 7.11 Å². The molecule has 0 saturated heterocycles. The molecule has 0 aliphatic carbocycles. The first-order chi connectivity index (χ1) is 11.0. The van der Waals surface area contributed by atoms with Gasteiger partial charge in [0.2, 0.25) is 5.76 Å². The van der Waals surface area contributed by atoms with Crippen LogP contribution in [-0.4, -0.2) is 41.1 Å². The zero-order valence-electron chi connectivity index (χ0n) is 11.6. The Morgan fingerprint density at radius 3 is 2.26 bits per heavy atom. The third kappa shape index (κ3) is 2.33. The van der Waals surface area contributed by atoms with Crippen molar-refractivity contribution in [2.45, 2.75) is 0 Å². The Morgan fingerprint density at radius 1 is 1.09 bits per heavy atom. The second kappa shape index (κ2) is 5.37. The van der Waals surface area contributed by atoms with Crippen molar-refractivity contribution in [3.8, 4) is 0 Å². The van der Waals surface area contributed by atoms with E-state index >= 15 is 0 Å². The smallest absolute Gasteiger partial charge is 0.385 e. The summed E-state index contributed by atoms with van der Waals surface area (Å²) in [6, 6.07) is 7.02. The fourth-order valence-electron chi connectivity index (χ4n) is 1.95. The summed E-state index contributed by atoms with van der Waals surface area (Å²) < 4.78 is 9.00. The van der Waals surface area contributed by atoms with E-state index in [9.17, 15) is 19.2 Å². The number of amides is 2. The van der Waals surface area contributed by atoms with E-state index in [-0.39, 0.29) is 22.6 Å². The number of benzene rings is 1. The van der Waals surface area contributed by atoms with E-state index in [1.807, 2.05) is 0 Å². The second-order valence-electron chi connectivity index (χ2n) is 4.40. The summed E-state index contributed by atoms with van der Waals surface area (Å²) in [5.41, 5.74) is -0.136. The highest BCUT2D eigenvalue weighted by Gasteiger charge is 2.39. The molecule has 1 aromatic carbocycles. The Kier molecular flexibility index (Phi) is 3.37. The Bertz CT molecular complexity index is 804. The number of aromatic nitrogens is 1. The van der Waals surface area contributed by atoms with Crippen LogP contribution in [-0.2, 0) is 9.57 Å². The molecule has 0 unspecified atom stereocenters. The molecule has 0 N–H and O–H groups in total. The molecule has 1 aromatic heterocycles. The number of hydroxylamine groups is 2. The lowest BCUT2D eigenvalue weighted by Crippen LogP contribution is -2.32. The first kappa shape index (κ1) is 14.4. The Balaban J connectivity index is 1.79. The second-order valence-corrected chi connectivity index (χ2v) is 4.40. The third-order valence-corrected chi connectivity index (χ3v) is 3.04. The van der Waals surface area contributed by atoms with Gasteiger partial charge in [0.15, 0.2) is 5.69 Å². The molecule has 1 aliphatic rings. The molecule has 9 heteroatoms. The average Bonchev–Trinajstić information content (AvgIpc) is 3.15. The molecular weight excluding hydrogens is 308 g/mol. The zero-order valence-corrected chi connectivity index (χ0v) is 11.6. The molecule has 2 amide bonds. The molecule has 3 rings (SSSR count). The number of hydrogen-bond donors (Lipinski definition) is 0. The van der Waals surface area contributed by atoms with Crippen LogP contribution in [0.1, 0.15) is 41.8 Å². The third-order valence-electron chi connectivity index (χ3n) is 3.04. The SMILES string of the molecule is COC(=O)c1cc(C(=O)ON2C(=O)c3ccccc3C2=O)no1. The predicted molar refractivity (Wildman–Crippen MR) is 70.2 cm³/mol. The lowest BCUT2D eigenvalue weighted by atomic mass is 10.1. The lowest BCUT2D eigenvalue weighted by Gasteiger charge is -2.10. The van der Waals surface area contributed by atoms with Gasteiger partial charge in [-0.05, 0) is 12.1 Å². The van der Waals surface area contributed by atoms with Gasteiger partial charge in [0, 0.05) is 6.07 Å². The molecule has 0 atom stereocenters. The predicted octanol–water partition coefficient (Wildman–Crippen LogP) is 0.829. The number of carbonyl (C=O) groups excluding carboxylic acids is 4.